The molecular formula is C25H27N5O3. The first-order valence-corrected chi connectivity index (χ1v) is 11.1. The van der Waals surface area contributed by atoms with Gasteiger partial charge in [-0.05, 0) is 41.7 Å². The minimum atomic E-state index is -0.709. The second-order valence-electron chi connectivity index (χ2n) is 8.62. The second kappa shape index (κ2) is 8.80. The Bertz CT molecular complexity index is 1290. The van der Waals surface area contributed by atoms with Gasteiger partial charge in [-0.3, -0.25) is 9.48 Å². The zero-order valence-electron chi connectivity index (χ0n) is 18.7. The number of aryl methyl sites for hydroxylation is 2. The Balaban J connectivity index is 1.42. The Morgan fingerprint density at radius 3 is 2.76 bits per heavy atom. The molecule has 2 atom stereocenters. The third-order valence-electron chi connectivity index (χ3n) is 6.19. The maximum atomic E-state index is 13.0. The number of nitrogens with one attached hydrogen (secondary N) is 1. The third-order valence-corrected chi connectivity index (χ3v) is 6.19. The molecule has 4 aromatic rings. The Hall–Kier alpha value is -3.49. The predicted molar refractivity (Wildman–Crippen MR) is 125 cm³/mol. The van der Waals surface area contributed by atoms with Crippen LogP contribution in [0, 0.1) is 0 Å². The molecule has 8 nitrogen and oxygen atoms in total. The fourth-order valence-electron chi connectivity index (χ4n) is 4.30. The molecule has 0 bridgehead atoms. The van der Waals surface area contributed by atoms with E-state index in [4.69, 9.17) is 4.74 Å². The van der Waals surface area contributed by atoms with Crippen molar-refractivity contribution >= 4 is 16.9 Å². The fraction of sp³-hybridized carbons (Fsp3) is 0.320. The van der Waals surface area contributed by atoms with Crippen LogP contribution in [0.2, 0.25) is 0 Å². The molecule has 0 saturated carbocycles. The monoisotopic (exact) mass is 445 g/mol. The number of hydrogen-bond acceptors (Lipinski definition) is 5. The number of benzene rings is 1. The first-order valence-electron chi connectivity index (χ1n) is 11.1. The van der Waals surface area contributed by atoms with Gasteiger partial charge in [0.05, 0.1) is 24.9 Å². The van der Waals surface area contributed by atoms with Gasteiger partial charge in [0.1, 0.15) is 11.3 Å². The zero-order chi connectivity index (χ0) is 22.9. The van der Waals surface area contributed by atoms with E-state index in [1.54, 1.807) is 4.68 Å². The SMILES string of the molecule is Cn1cc(-c2ccc(Cc3cc(C(=O)NC4CCOCC4O)nc4c3ccn4C)cc2)cn1. The van der Waals surface area contributed by atoms with Crippen LogP contribution in [0.4, 0.5) is 0 Å². The van der Waals surface area contributed by atoms with Gasteiger partial charge in [0, 0.05) is 44.0 Å². The molecule has 170 valence electrons. The molecule has 1 saturated heterocycles. The highest BCUT2D eigenvalue weighted by Crippen LogP contribution is 2.24. The fourth-order valence-corrected chi connectivity index (χ4v) is 4.30. The summed E-state index contributed by atoms with van der Waals surface area (Å²) in [6.45, 7) is 0.752. The van der Waals surface area contributed by atoms with E-state index in [2.05, 4.69) is 39.7 Å². The van der Waals surface area contributed by atoms with Crippen molar-refractivity contribution in [1.82, 2.24) is 24.6 Å². The smallest absolute Gasteiger partial charge is 0.270 e. The number of ether oxygens (including phenoxy) is 1. The molecule has 1 amide bonds. The first-order chi connectivity index (χ1) is 16.0. The van der Waals surface area contributed by atoms with Gasteiger partial charge >= 0.3 is 0 Å². The molecule has 1 fully saturated rings. The number of carbonyl (C=O) groups is 1. The summed E-state index contributed by atoms with van der Waals surface area (Å²) >= 11 is 0. The summed E-state index contributed by atoms with van der Waals surface area (Å²) in [5.41, 5.74) is 5.48. The van der Waals surface area contributed by atoms with E-state index in [1.807, 2.05) is 49.4 Å². The molecule has 2 unspecified atom stereocenters. The lowest BCUT2D eigenvalue weighted by molar-refractivity contribution is -0.0261. The highest BCUT2D eigenvalue weighted by Gasteiger charge is 2.26. The number of carbonyl (C=O) groups excluding carboxylic acids is 1. The van der Waals surface area contributed by atoms with Gasteiger partial charge in [-0.15, -0.1) is 0 Å². The quantitative estimate of drug-likeness (QED) is 0.492. The van der Waals surface area contributed by atoms with Gasteiger partial charge in [0.15, 0.2) is 0 Å². The number of rotatable bonds is 5. The van der Waals surface area contributed by atoms with Crippen molar-refractivity contribution < 1.29 is 14.6 Å². The lowest BCUT2D eigenvalue weighted by Gasteiger charge is -2.28. The molecule has 4 heterocycles. The molecule has 0 radical (unpaired) electrons. The van der Waals surface area contributed by atoms with E-state index in [0.29, 0.717) is 25.1 Å². The van der Waals surface area contributed by atoms with Crippen LogP contribution < -0.4 is 5.32 Å². The Morgan fingerprint density at radius 2 is 2.03 bits per heavy atom. The number of aromatic nitrogens is 4. The maximum Gasteiger partial charge on any atom is 0.270 e. The Labute approximate surface area is 191 Å². The predicted octanol–water partition coefficient (Wildman–Crippen LogP) is 2.44. The van der Waals surface area contributed by atoms with E-state index in [9.17, 15) is 9.90 Å². The van der Waals surface area contributed by atoms with Crippen molar-refractivity contribution in [1.29, 1.82) is 0 Å². The maximum absolute atomic E-state index is 13.0. The molecule has 5 rings (SSSR count). The van der Waals surface area contributed by atoms with Gasteiger partial charge in [0.25, 0.3) is 5.91 Å². The molecular weight excluding hydrogens is 418 g/mol. The summed E-state index contributed by atoms with van der Waals surface area (Å²) in [6.07, 6.45) is 6.35. The molecule has 8 heteroatoms. The molecule has 1 aromatic carbocycles. The molecule has 0 spiro atoms. The Morgan fingerprint density at radius 1 is 1.21 bits per heavy atom. The zero-order valence-corrected chi connectivity index (χ0v) is 18.7. The van der Waals surface area contributed by atoms with Crippen LogP contribution in [0.25, 0.3) is 22.2 Å². The molecule has 33 heavy (non-hydrogen) atoms. The lowest BCUT2D eigenvalue weighted by atomic mass is 9.99. The van der Waals surface area contributed by atoms with E-state index < -0.39 is 6.10 Å². The van der Waals surface area contributed by atoms with Crippen LogP contribution in [0.15, 0.2) is 55.0 Å². The number of hydrogen-bond donors (Lipinski definition) is 2. The van der Waals surface area contributed by atoms with Crippen molar-refractivity contribution in [2.75, 3.05) is 13.2 Å². The molecule has 2 N–H and O–H groups in total. The van der Waals surface area contributed by atoms with Crippen molar-refractivity contribution in [2.24, 2.45) is 14.1 Å². The van der Waals surface area contributed by atoms with Gasteiger partial charge in [-0.25, -0.2) is 4.98 Å². The number of amides is 1. The van der Waals surface area contributed by atoms with Crippen molar-refractivity contribution in [3.8, 4) is 11.1 Å². The normalized spacial score (nSPS) is 18.5. The molecule has 3 aromatic heterocycles. The van der Waals surface area contributed by atoms with Crippen LogP contribution in [0.3, 0.4) is 0 Å². The van der Waals surface area contributed by atoms with Gasteiger partial charge in [0.2, 0.25) is 0 Å². The summed E-state index contributed by atoms with van der Waals surface area (Å²) in [7, 11) is 3.83. The van der Waals surface area contributed by atoms with Gasteiger partial charge < -0.3 is 19.7 Å². The van der Waals surface area contributed by atoms with Gasteiger partial charge in [-0.1, -0.05) is 24.3 Å². The standard InChI is InChI=1S/C25H27N5O3/c1-29-9-7-20-18(11-16-3-5-17(6-4-16)19-13-26-30(2)14-19)12-22(27-24(20)29)25(32)28-21-8-10-33-15-23(21)31/h3-7,9,12-14,21,23,31H,8,10-11,15H2,1-2H3,(H,28,32). The first kappa shape index (κ1) is 21.4. The lowest BCUT2D eigenvalue weighted by Crippen LogP contribution is -2.48. The van der Waals surface area contributed by atoms with Crippen LogP contribution in [0.1, 0.15) is 28.0 Å². The highest BCUT2D eigenvalue weighted by molar-refractivity contribution is 5.95. The van der Waals surface area contributed by atoms with E-state index in [1.165, 1.54) is 0 Å². The Kier molecular flexibility index (Phi) is 5.70. The molecule has 0 aliphatic carbocycles. The minimum Gasteiger partial charge on any atom is -0.389 e. The summed E-state index contributed by atoms with van der Waals surface area (Å²) in [5.74, 6) is -0.280. The number of nitrogens with zero attached hydrogens (tertiary/aromatic N) is 4. The summed E-state index contributed by atoms with van der Waals surface area (Å²) < 4.78 is 8.97. The molecule has 1 aliphatic rings. The second-order valence-corrected chi connectivity index (χ2v) is 8.62. The summed E-state index contributed by atoms with van der Waals surface area (Å²) in [4.78, 5) is 17.6. The van der Waals surface area contributed by atoms with Crippen LogP contribution >= 0.6 is 0 Å². The third kappa shape index (κ3) is 4.40. The van der Waals surface area contributed by atoms with E-state index >= 15 is 0 Å². The van der Waals surface area contributed by atoms with Crippen LogP contribution in [-0.4, -0.2) is 55.7 Å². The highest BCUT2D eigenvalue weighted by atomic mass is 16.5. The van der Waals surface area contributed by atoms with Gasteiger partial charge in [-0.2, -0.15) is 5.10 Å². The summed E-state index contributed by atoms with van der Waals surface area (Å²) in [5, 5.41) is 18.3. The summed E-state index contributed by atoms with van der Waals surface area (Å²) in [6, 6.07) is 12.0. The number of aliphatic hydroxyl groups excluding tert-OH is 1. The van der Waals surface area contributed by atoms with Crippen molar-refractivity contribution in [3.63, 3.8) is 0 Å². The molecule has 1 aliphatic heterocycles. The number of aliphatic hydroxyl groups is 1. The topological polar surface area (TPSA) is 94.2 Å². The number of fused-ring (bicyclic) bond motifs is 1. The van der Waals surface area contributed by atoms with Crippen LogP contribution in [0.5, 0.6) is 0 Å². The van der Waals surface area contributed by atoms with Crippen LogP contribution in [-0.2, 0) is 25.3 Å². The average molecular weight is 446 g/mol. The van der Waals surface area contributed by atoms with Crippen molar-refractivity contribution in [2.45, 2.75) is 25.0 Å². The largest absolute Gasteiger partial charge is 0.389 e. The van der Waals surface area contributed by atoms with E-state index in [-0.39, 0.29) is 18.6 Å². The van der Waals surface area contributed by atoms with E-state index in [0.717, 1.165) is 33.3 Å². The minimum absolute atomic E-state index is 0.232. The number of pyridine rings is 1. The average Bonchev–Trinajstić information content (AvgIpc) is 3.42. The van der Waals surface area contributed by atoms with Crippen molar-refractivity contribution in [3.05, 3.63) is 71.8 Å².